The fourth-order valence-electron chi connectivity index (χ4n) is 14.8. The highest BCUT2D eigenvalue weighted by molar-refractivity contribution is 6.00. The predicted octanol–water partition coefficient (Wildman–Crippen LogP) is -0.296. The number of aliphatic hydroxyl groups is 6. The van der Waals surface area contributed by atoms with E-state index in [2.05, 4.69) is 5.32 Å². The largest absolute Gasteiger partial charge is 0.504 e. The Hall–Kier alpha value is -18.5. The first-order valence-electron chi connectivity index (χ1n) is 42.4. The molecule has 19 atom stereocenters. The van der Waals surface area contributed by atoms with Crippen LogP contribution in [0.15, 0.2) is 109 Å². The van der Waals surface area contributed by atoms with E-state index in [0.717, 1.165) is 7.11 Å². The number of aliphatic hydroxyl groups excluding tert-OH is 6. The number of carboxylic acids is 1. The number of carbonyl (C=O) groups excluding carboxylic acids is 11. The van der Waals surface area contributed by atoms with Crippen LogP contribution < -0.4 is 24.3 Å². The Bertz CT molecular complexity index is 6700. The van der Waals surface area contributed by atoms with E-state index >= 15 is 14.4 Å². The lowest BCUT2D eigenvalue weighted by Gasteiger charge is -2.47. The van der Waals surface area contributed by atoms with Gasteiger partial charge in [-0.3, -0.25) is 9.68 Å². The molecule has 4 fully saturated rings. The molecule has 3 aliphatic heterocycles. The smallest absolute Gasteiger partial charge is 0.345 e. The van der Waals surface area contributed by atoms with E-state index in [1.165, 1.54) is 6.92 Å². The van der Waals surface area contributed by atoms with E-state index in [4.69, 9.17) is 76.1 Å². The maximum Gasteiger partial charge on any atom is 0.345 e. The standard InChI is InChI=1S/C75H56O47.C16H27NO11/c76-31-1-21(2-32(77)51(31)91)64(101)111-46-16-26(11-41(86)56(46)96)69(106)116-61-62(117-70(107)27-12-42(87)57(97)47(17-27)112-65(102)22-3-33(78)52(92)34(79)4-22)74(119-72(109)29-14-44(89)59(99)49(19-29)114-67(104)24-7-37(82)54(94)38(83)8-24)120-75(122-121-73(110)30-15-45(90)60(100)50(20-30)115-68(105)25-9-39(84)55(95)40(85)10-25)63(61)118-71(108)28-13-43(88)58(98)48(18-28)113-66(103)23-5-35(80)53(93)36(81)6-23;1-5-8(17-6(2)19)12(9(20)7(4-18)26-5)27-16-11(22)10(21)13(25-3)14(28-16)15(23)24/h1-14,16-19,30,45,50,60-63,74-100H,15,20H2;5,7-14,16,18,20-22H,4H2,1-3H3,(H,17,19)(H,23,24)/t30?,45?,50?,60?,61-,62-,63+,74-,75-;5-,7?,8?,9+,10+,11?,12+,13-,14?,16+/m10/s1. The third kappa shape index (κ3) is 24.0. The highest BCUT2D eigenvalue weighted by Crippen LogP contribution is 2.49. The van der Waals surface area contributed by atoms with Gasteiger partial charge in [0.25, 0.3) is 0 Å². The van der Waals surface area contributed by atoms with Crippen LogP contribution in [0.4, 0.5) is 0 Å². The van der Waals surface area contributed by atoms with Crippen LogP contribution >= 0.6 is 0 Å². The van der Waals surface area contributed by atoms with Crippen LogP contribution in [-0.4, -0.2) is 349 Å². The summed E-state index contributed by atoms with van der Waals surface area (Å²) in [6.07, 6.45) is -36.4. The third-order valence-corrected chi connectivity index (χ3v) is 22.4. The third-order valence-electron chi connectivity index (χ3n) is 22.4. The maximum absolute atomic E-state index is 15.2. The second kappa shape index (κ2) is 45.0. The number of methoxy groups -OCH3 is 1. The van der Waals surface area contributed by atoms with Gasteiger partial charge in [0.2, 0.25) is 47.6 Å². The summed E-state index contributed by atoms with van der Waals surface area (Å²) in [6, 6.07) is 6.73. The van der Waals surface area contributed by atoms with E-state index in [1.807, 2.05) is 0 Å². The summed E-state index contributed by atoms with van der Waals surface area (Å²) in [7, 11) is 1.16. The molecule has 31 N–H and O–H groups in total. The SMILES string of the molecule is CO[C@@H]1C(C(=O)O)O[C@@H](O[C@@H]2C(NC(C)=O)[C@H](C)OC(CO)[C@H]2O)C(O)[C@H]1O.O=C(Oc1cc(C(=O)O[C@@H]2O[C@H](OOC(=O)C3CC(O)C(O)C(OC(=O)c4cc(O)c(O)c(O)c4)C3)[C@@H](OC(=O)c3cc(O)c(O)c(OC(=O)c4cc(O)c(O)c(O)c4)c3)[C@H](OC(=O)c3cc(O)c(O)c(OC(=O)c4cc(O)c(O)c(O)c4)c3)[C@H]2OC(=O)c2cc(O)c(O)c(OC(=O)c3cc(O)c(O)c(O)c3)c2)cc(O)c1O)c1cc(O)c(O)c(O)c1. The number of aliphatic carboxylic acids is 1. The number of esters is 9. The molecule has 3 heterocycles. The summed E-state index contributed by atoms with van der Waals surface area (Å²) < 4.78 is 75.9. The molecule has 0 spiro atoms. The molecule has 59 nitrogen and oxygen atoms in total. The quantitative estimate of drug-likeness (QED) is 0.00785. The number of ether oxygens (including phenoxy) is 14. The fraction of sp³-hybridized carbons (Fsp3) is 0.275. The first kappa shape index (κ1) is 110. The summed E-state index contributed by atoms with van der Waals surface area (Å²) in [4.78, 5) is 176. The van der Waals surface area contributed by atoms with Gasteiger partial charge in [0.15, 0.2) is 157 Å². The van der Waals surface area contributed by atoms with Gasteiger partial charge in [0.05, 0.1) is 80.8 Å². The summed E-state index contributed by atoms with van der Waals surface area (Å²) in [5.74, 6) is -56.1. The lowest BCUT2D eigenvalue weighted by molar-refractivity contribution is -0.421. The lowest BCUT2D eigenvalue weighted by Crippen LogP contribution is -2.67. The first-order chi connectivity index (χ1) is 70.5. The number of phenolic OH excluding ortho intramolecular Hbond substituents is 23. The van der Waals surface area contributed by atoms with E-state index in [1.54, 1.807) is 6.92 Å². The minimum Gasteiger partial charge on any atom is -0.504 e. The number of carbonyl (C=O) groups is 12. The predicted molar refractivity (Wildman–Crippen MR) is 468 cm³/mol. The van der Waals surface area contributed by atoms with Crippen molar-refractivity contribution in [1.29, 1.82) is 0 Å². The van der Waals surface area contributed by atoms with Crippen molar-refractivity contribution in [3.8, 4) is 155 Å². The molecule has 8 unspecified atom stereocenters. The van der Waals surface area contributed by atoms with E-state index in [0.29, 0.717) is 97.1 Å². The molecule has 800 valence electrons. The molecule has 0 aromatic heterocycles. The Morgan fingerprint density at radius 3 is 0.947 bits per heavy atom. The van der Waals surface area contributed by atoms with Crippen LogP contribution in [0.25, 0.3) is 0 Å². The zero-order valence-corrected chi connectivity index (χ0v) is 75.8. The average molecular weight is 2120 g/mol. The molecule has 1 amide bonds. The maximum atomic E-state index is 15.2. The topological polar surface area (TPSA) is 971 Å². The molecule has 1 aliphatic carbocycles. The summed E-state index contributed by atoms with van der Waals surface area (Å²) in [6.45, 7) is 2.28. The van der Waals surface area contributed by atoms with Crippen molar-refractivity contribution in [2.24, 2.45) is 5.92 Å². The normalized spacial score (nSPS) is 22.8. The van der Waals surface area contributed by atoms with Crippen molar-refractivity contribution in [3.63, 3.8) is 0 Å². The molecule has 0 radical (unpaired) electrons. The molecule has 59 heteroatoms. The van der Waals surface area contributed by atoms with Crippen molar-refractivity contribution in [3.05, 3.63) is 159 Å². The molecule has 4 aliphatic rings. The number of aromatic hydroxyl groups is 23. The molecule has 3 saturated heterocycles. The second-order valence-corrected chi connectivity index (χ2v) is 32.6. The summed E-state index contributed by atoms with van der Waals surface area (Å²) in [5.41, 5.74) is -8.93. The van der Waals surface area contributed by atoms with Crippen LogP contribution in [0.1, 0.15) is 120 Å². The Labute approximate surface area is 831 Å². The van der Waals surface area contributed by atoms with Crippen molar-refractivity contribution in [2.75, 3.05) is 13.7 Å². The number of hydrogen-bond donors (Lipinski definition) is 31. The van der Waals surface area contributed by atoms with Gasteiger partial charge in [0, 0.05) is 20.5 Å². The molecular weight excluding hydrogens is 2030 g/mol. The molecule has 1 saturated carbocycles. The van der Waals surface area contributed by atoms with Crippen molar-refractivity contribution >= 4 is 71.6 Å². The van der Waals surface area contributed by atoms with Crippen LogP contribution in [0.3, 0.4) is 0 Å². The highest BCUT2D eigenvalue weighted by Gasteiger charge is 2.58. The number of phenols is 23. The molecule has 9 aromatic carbocycles. The lowest BCUT2D eigenvalue weighted by atomic mass is 9.83. The molecular formula is C91H83NO58. The van der Waals surface area contributed by atoms with Crippen molar-refractivity contribution < 1.29 is 287 Å². The van der Waals surface area contributed by atoms with Crippen LogP contribution in [0.2, 0.25) is 0 Å². The molecule has 150 heavy (non-hydrogen) atoms. The number of nitrogens with one attached hydrogen (secondary N) is 1. The minimum atomic E-state index is -3.21. The average Bonchev–Trinajstić information content (AvgIpc) is 0.765. The van der Waals surface area contributed by atoms with E-state index in [9.17, 15) is 196 Å². The van der Waals surface area contributed by atoms with Gasteiger partial charge in [-0.2, -0.15) is 0 Å². The van der Waals surface area contributed by atoms with Gasteiger partial charge < -0.3 is 225 Å². The fourth-order valence-corrected chi connectivity index (χ4v) is 14.8. The van der Waals surface area contributed by atoms with Gasteiger partial charge in [-0.15, -0.1) is 4.89 Å². The Morgan fingerprint density at radius 2 is 0.627 bits per heavy atom. The van der Waals surface area contributed by atoms with Crippen molar-refractivity contribution in [1.82, 2.24) is 5.32 Å². The number of hydrogen-bond acceptors (Lipinski definition) is 57. The number of rotatable bonds is 27. The molecule has 13 rings (SSSR count). The zero-order chi connectivity index (χ0) is 111. The Morgan fingerprint density at radius 1 is 0.327 bits per heavy atom. The number of benzene rings is 9. The van der Waals surface area contributed by atoms with Crippen LogP contribution in [0, 0.1) is 5.92 Å². The summed E-state index contributed by atoms with van der Waals surface area (Å²) in [5, 5.41) is 314. The zero-order valence-electron chi connectivity index (χ0n) is 75.8. The molecule has 9 aromatic rings. The van der Waals surface area contributed by atoms with Gasteiger partial charge in [0.1, 0.15) is 48.8 Å². The first-order valence-corrected chi connectivity index (χ1v) is 42.4. The number of carboxylic acid groups (broad SMARTS) is 1. The number of amides is 1. The molecule has 0 bridgehead atoms. The highest BCUT2D eigenvalue weighted by atomic mass is 17.2. The van der Waals surface area contributed by atoms with Gasteiger partial charge in [-0.05, 0) is 123 Å². The van der Waals surface area contributed by atoms with Crippen molar-refractivity contribution in [2.45, 2.75) is 137 Å². The van der Waals surface area contributed by atoms with Gasteiger partial charge in [-0.25, -0.2) is 52.7 Å². The van der Waals surface area contributed by atoms with Crippen LogP contribution in [0.5, 0.6) is 155 Å². The van der Waals surface area contributed by atoms with E-state index < -0.39 is 413 Å². The minimum absolute atomic E-state index is 0.279. The van der Waals surface area contributed by atoms with Gasteiger partial charge in [-0.1, -0.05) is 0 Å². The Kier molecular flexibility index (Phi) is 33.1. The van der Waals surface area contributed by atoms with Gasteiger partial charge >= 0.3 is 65.7 Å². The summed E-state index contributed by atoms with van der Waals surface area (Å²) >= 11 is 0. The Balaban J connectivity index is 0.000000613. The van der Waals surface area contributed by atoms with E-state index in [-0.39, 0.29) is 12.1 Å². The monoisotopic (exact) mass is 2120 g/mol. The second-order valence-electron chi connectivity index (χ2n) is 32.6. The van der Waals surface area contributed by atoms with Crippen LogP contribution in [-0.2, 0) is 71.5 Å².